The summed E-state index contributed by atoms with van der Waals surface area (Å²) in [5.74, 6) is 1.18. The second-order valence-electron chi connectivity index (χ2n) is 5.95. The van der Waals surface area contributed by atoms with Gasteiger partial charge in [0, 0.05) is 43.7 Å². The molecule has 1 N–H and O–H groups in total. The molecule has 1 amide bonds. The number of hydrogen-bond acceptors (Lipinski definition) is 3. The molecule has 4 nitrogen and oxygen atoms in total. The van der Waals surface area contributed by atoms with Crippen LogP contribution < -0.4 is 5.32 Å². The average molecular weight is 359 g/mol. The van der Waals surface area contributed by atoms with E-state index in [4.69, 9.17) is 11.6 Å². The number of aromatic nitrogens is 1. The first-order valence-electron chi connectivity index (χ1n) is 6.74. The van der Waals surface area contributed by atoms with Crippen LogP contribution in [0.5, 0.6) is 0 Å². The Morgan fingerprint density at radius 2 is 2.35 bits per heavy atom. The van der Waals surface area contributed by atoms with Gasteiger partial charge < -0.3 is 10.2 Å². The summed E-state index contributed by atoms with van der Waals surface area (Å²) in [7, 11) is 3.64. The monoisotopic (exact) mass is 357 g/mol. The van der Waals surface area contributed by atoms with E-state index in [2.05, 4.69) is 26.2 Å². The molecule has 1 aromatic rings. The molecule has 2 atom stereocenters. The predicted octanol–water partition coefficient (Wildman–Crippen LogP) is 3.05. The zero-order valence-electron chi connectivity index (χ0n) is 11.5. The van der Waals surface area contributed by atoms with Gasteiger partial charge in [-0.25, -0.2) is 4.98 Å². The Hall–Kier alpha value is -0.810. The molecule has 0 saturated heterocycles. The van der Waals surface area contributed by atoms with Gasteiger partial charge in [-0.1, -0.05) is 11.6 Å². The molecule has 6 heteroatoms. The van der Waals surface area contributed by atoms with Crippen molar-refractivity contribution in [2.75, 3.05) is 26.0 Å². The highest BCUT2D eigenvalue weighted by Crippen LogP contribution is 2.53. The van der Waals surface area contributed by atoms with Crippen LogP contribution >= 0.6 is 27.5 Å². The van der Waals surface area contributed by atoms with E-state index in [0.717, 1.165) is 46.7 Å². The first-order chi connectivity index (χ1) is 9.44. The van der Waals surface area contributed by atoms with Crippen molar-refractivity contribution in [3.8, 4) is 0 Å². The van der Waals surface area contributed by atoms with Gasteiger partial charge in [-0.15, -0.1) is 0 Å². The quantitative estimate of drug-likeness (QED) is 0.839. The van der Waals surface area contributed by atoms with Crippen molar-refractivity contribution in [3.63, 3.8) is 0 Å². The Kier molecular flexibility index (Phi) is 3.45. The summed E-state index contributed by atoms with van der Waals surface area (Å²) in [4.78, 5) is 18.3. The molecule has 20 heavy (non-hydrogen) atoms. The fourth-order valence-electron chi connectivity index (χ4n) is 3.51. The molecule has 1 aliphatic heterocycles. The van der Waals surface area contributed by atoms with Crippen LogP contribution in [0.15, 0.2) is 10.7 Å². The second kappa shape index (κ2) is 4.88. The number of carbonyl (C=O) groups excluding carboxylic acids is 1. The van der Waals surface area contributed by atoms with Gasteiger partial charge >= 0.3 is 0 Å². The van der Waals surface area contributed by atoms with Crippen LogP contribution in [0.2, 0.25) is 5.02 Å². The van der Waals surface area contributed by atoms with E-state index in [0.29, 0.717) is 0 Å². The van der Waals surface area contributed by atoms with Crippen LogP contribution in [0.25, 0.3) is 0 Å². The molecule has 3 rings (SSSR count). The molecular weight excluding hydrogens is 342 g/mol. The maximum atomic E-state index is 12.2. The Morgan fingerprint density at radius 3 is 3.05 bits per heavy atom. The largest absolute Gasteiger partial charge is 0.369 e. The number of fused-ring (bicyclic) bond motifs is 2. The van der Waals surface area contributed by atoms with E-state index >= 15 is 0 Å². The first-order valence-corrected chi connectivity index (χ1v) is 7.91. The van der Waals surface area contributed by atoms with E-state index in [1.54, 1.807) is 11.1 Å². The lowest BCUT2D eigenvalue weighted by Gasteiger charge is -2.25. The number of nitrogens with one attached hydrogen (secondary N) is 1. The SMILES string of the molecule is CN(C)C(=O)[C@H]1CC[C@@]2(CNc3ncc(Br)c(Cl)c32)C1. The minimum atomic E-state index is -0.0421. The van der Waals surface area contributed by atoms with Crippen molar-refractivity contribution in [2.24, 2.45) is 5.92 Å². The number of rotatable bonds is 1. The first kappa shape index (κ1) is 14.1. The highest BCUT2D eigenvalue weighted by Gasteiger charge is 2.49. The van der Waals surface area contributed by atoms with Crippen molar-refractivity contribution < 1.29 is 4.79 Å². The highest BCUT2D eigenvalue weighted by molar-refractivity contribution is 9.10. The minimum absolute atomic E-state index is 0.0421. The van der Waals surface area contributed by atoms with Gasteiger partial charge in [0.2, 0.25) is 5.91 Å². The Bertz CT molecular complexity index is 578. The summed E-state index contributed by atoms with van der Waals surface area (Å²) in [6.45, 7) is 0.822. The van der Waals surface area contributed by atoms with Crippen molar-refractivity contribution in [1.82, 2.24) is 9.88 Å². The van der Waals surface area contributed by atoms with Gasteiger partial charge in [-0.3, -0.25) is 4.79 Å². The lowest BCUT2D eigenvalue weighted by molar-refractivity contribution is -0.132. The van der Waals surface area contributed by atoms with Crippen molar-refractivity contribution in [2.45, 2.75) is 24.7 Å². The maximum absolute atomic E-state index is 12.2. The Morgan fingerprint density at radius 1 is 1.60 bits per heavy atom. The molecule has 1 aromatic heterocycles. The van der Waals surface area contributed by atoms with E-state index in [1.165, 1.54) is 0 Å². The summed E-state index contributed by atoms with van der Waals surface area (Å²) in [6, 6.07) is 0. The summed E-state index contributed by atoms with van der Waals surface area (Å²) < 4.78 is 0.823. The van der Waals surface area contributed by atoms with Crippen LogP contribution in [0, 0.1) is 5.92 Å². The van der Waals surface area contributed by atoms with Gasteiger partial charge in [0.05, 0.1) is 9.50 Å². The summed E-state index contributed by atoms with van der Waals surface area (Å²) in [6.07, 6.45) is 4.47. The van der Waals surface area contributed by atoms with Crippen LogP contribution in [-0.4, -0.2) is 36.4 Å². The van der Waals surface area contributed by atoms with E-state index in [9.17, 15) is 4.79 Å². The molecule has 1 saturated carbocycles. The average Bonchev–Trinajstić information content (AvgIpc) is 2.99. The van der Waals surface area contributed by atoms with E-state index < -0.39 is 0 Å². The van der Waals surface area contributed by atoms with Crippen LogP contribution in [-0.2, 0) is 10.2 Å². The third-order valence-corrected chi connectivity index (χ3v) is 5.72. The molecule has 2 aliphatic rings. The molecule has 2 heterocycles. The van der Waals surface area contributed by atoms with Crippen molar-refractivity contribution in [3.05, 3.63) is 21.3 Å². The lowest BCUT2D eigenvalue weighted by Crippen LogP contribution is -2.31. The fourth-order valence-corrected chi connectivity index (χ4v) is 4.15. The molecule has 108 valence electrons. The predicted molar refractivity (Wildman–Crippen MR) is 83.1 cm³/mol. The van der Waals surface area contributed by atoms with Gasteiger partial charge in [-0.2, -0.15) is 0 Å². The van der Waals surface area contributed by atoms with Gasteiger partial charge in [0.25, 0.3) is 0 Å². The third kappa shape index (κ3) is 2.02. The lowest BCUT2D eigenvalue weighted by atomic mass is 9.80. The maximum Gasteiger partial charge on any atom is 0.225 e. The number of pyridine rings is 1. The van der Waals surface area contributed by atoms with E-state index in [-0.39, 0.29) is 17.2 Å². The topological polar surface area (TPSA) is 45.2 Å². The standard InChI is InChI=1S/C14H17BrClN3O/c1-19(2)13(20)8-3-4-14(5-8)7-18-12-10(14)11(16)9(15)6-17-12/h6,8H,3-5,7H2,1-2H3,(H,17,18)/t8-,14-/m0/s1. The fraction of sp³-hybridized carbons (Fsp3) is 0.571. The number of halogens is 2. The number of amides is 1. The smallest absolute Gasteiger partial charge is 0.225 e. The van der Waals surface area contributed by atoms with Gasteiger partial charge in [-0.05, 0) is 35.2 Å². The summed E-state index contributed by atoms with van der Waals surface area (Å²) in [5.41, 5.74) is 1.04. The van der Waals surface area contributed by atoms with Gasteiger partial charge in [0.15, 0.2) is 0 Å². The molecule has 0 unspecified atom stereocenters. The third-order valence-electron chi connectivity index (χ3n) is 4.50. The summed E-state index contributed by atoms with van der Waals surface area (Å²) >= 11 is 9.92. The Balaban J connectivity index is 1.95. The number of anilines is 1. The van der Waals surface area contributed by atoms with Crippen LogP contribution in [0.1, 0.15) is 24.8 Å². The molecule has 0 radical (unpaired) electrons. The molecule has 0 bridgehead atoms. The minimum Gasteiger partial charge on any atom is -0.369 e. The number of nitrogens with zero attached hydrogens (tertiary/aromatic N) is 2. The van der Waals surface area contributed by atoms with Crippen molar-refractivity contribution in [1.29, 1.82) is 0 Å². The second-order valence-corrected chi connectivity index (χ2v) is 7.18. The van der Waals surface area contributed by atoms with Crippen LogP contribution in [0.3, 0.4) is 0 Å². The molecule has 1 spiro atoms. The number of carbonyl (C=O) groups is 1. The molecular formula is C14H17BrClN3O. The molecule has 1 aliphatic carbocycles. The highest BCUT2D eigenvalue weighted by atomic mass is 79.9. The normalized spacial score (nSPS) is 27.5. The van der Waals surface area contributed by atoms with Crippen molar-refractivity contribution >= 4 is 39.3 Å². The molecule has 1 fully saturated rings. The van der Waals surface area contributed by atoms with E-state index in [1.807, 2.05) is 14.1 Å². The van der Waals surface area contributed by atoms with Gasteiger partial charge in [0.1, 0.15) is 5.82 Å². The number of hydrogen-bond donors (Lipinski definition) is 1. The Labute approximate surface area is 132 Å². The zero-order chi connectivity index (χ0) is 14.5. The molecule has 0 aromatic carbocycles. The zero-order valence-corrected chi connectivity index (χ0v) is 13.9. The van der Waals surface area contributed by atoms with Crippen LogP contribution in [0.4, 0.5) is 5.82 Å². The summed E-state index contributed by atoms with van der Waals surface area (Å²) in [5, 5.41) is 4.08.